The van der Waals surface area contributed by atoms with Crippen LogP contribution in [0.5, 0.6) is 5.75 Å². The maximum absolute atomic E-state index is 6.19. The summed E-state index contributed by atoms with van der Waals surface area (Å²) in [6, 6.07) is 19.4. The summed E-state index contributed by atoms with van der Waals surface area (Å²) < 4.78 is 6.19. The largest absolute Gasteiger partial charge is 0.490 e. The first-order valence-electron chi connectivity index (χ1n) is 9.04. The molecular formula is C22H29NO. The third-order valence-corrected chi connectivity index (χ3v) is 4.81. The van der Waals surface area contributed by atoms with E-state index in [1.807, 2.05) is 0 Å². The Balaban J connectivity index is 1.48. The Morgan fingerprint density at radius 2 is 1.54 bits per heavy atom. The van der Waals surface area contributed by atoms with Crippen LogP contribution in [-0.2, 0) is 12.0 Å². The van der Waals surface area contributed by atoms with Crippen molar-refractivity contribution in [2.75, 3.05) is 13.1 Å². The molecule has 2 heteroatoms. The third-order valence-electron chi connectivity index (χ3n) is 4.81. The predicted molar refractivity (Wildman–Crippen MR) is 101 cm³/mol. The molecule has 1 fully saturated rings. The van der Waals surface area contributed by atoms with Crippen molar-refractivity contribution in [3.8, 4) is 5.75 Å². The summed E-state index contributed by atoms with van der Waals surface area (Å²) in [6.45, 7) is 10.00. The number of benzene rings is 2. The van der Waals surface area contributed by atoms with Gasteiger partial charge < -0.3 is 4.74 Å². The maximum atomic E-state index is 6.19. The minimum atomic E-state index is 0.196. The van der Waals surface area contributed by atoms with Crippen LogP contribution in [0, 0.1) is 0 Å². The molecule has 2 nitrogen and oxygen atoms in total. The van der Waals surface area contributed by atoms with Gasteiger partial charge in [0.2, 0.25) is 0 Å². The fourth-order valence-electron chi connectivity index (χ4n) is 3.25. The van der Waals surface area contributed by atoms with Crippen LogP contribution in [0.4, 0.5) is 0 Å². The molecule has 1 aliphatic heterocycles. The van der Waals surface area contributed by atoms with Crippen molar-refractivity contribution in [3.05, 3.63) is 65.7 Å². The molecule has 0 spiro atoms. The Bertz CT molecular complexity index is 619. The smallest absolute Gasteiger partial charge is 0.119 e. The Morgan fingerprint density at radius 3 is 2.12 bits per heavy atom. The van der Waals surface area contributed by atoms with Crippen LogP contribution >= 0.6 is 0 Å². The van der Waals surface area contributed by atoms with E-state index in [4.69, 9.17) is 4.74 Å². The molecule has 3 rings (SSSR count). The van der Waals surface area contributed by atoms with Gasteiger partial charge in [-0.05, 0) is 41.5 Å². The van der Waals surface area contributed by atoms with Gasteiger partial charge in [0.25, 0.3) is 0 Å². The van der Waals surface area contributed by atoms with Crippen molar-refractivity contribution in [3.63, 3.8) is 0 Å². The Morgan fingerprint density at radius 1 is 0.917 bits per heavy atom. The molecule has 1 saturated heterocycles. The van der Waals surface area contributed by atoms with E-state index in [2.05, 4.69) is 80.3 Å². The fraction of sp³-hybridized carbons (Fsp3) is 0.455. The summed E-state index contributed by atoms with van der Waals surface area (Å²) in [7, 11) is 0. The van der Waals surface area contributed by atoms with Crippen LogP contribution in [0.2, 0.25) is 0 Å². The number of rotatable bonds is 4. The van der Waals surface area contributed by atoms with Gasteiger partial charge in [-0.1, -0.05) is 63.2 Å². The molecule has 0 aromatic heterocycles. The molecule has 0 unspecified atom stereocenters. The van der Waals surface area contributed by atoms with Crippen LogP contribution in [-0.4, -0.2) is 24.1 Å². The van der Waals surface area contributed by atoms with Gasteiger partial charge in [-0.2, -0.15) is 0 Å². The van der Waals surface area contributed by atoms with Crippen molar-refractivity contribution in [1.29, 1.82) is 0 Å². The normalized spacial score (nSPS) is 17.0. The minimum absolute atomic E-state index is 0.196. The lowest BCUT2D eigenvalue weighted by Crippen LogP contribution is -2.37. The molecule has 0 N–H and O–H groups in total. The summed E-state index contributed by atoms with van der Waals surface area (Å²) in [5.74, 6) is 1.00. The molecule has 2 aromatic carbocycles. The van der Waals surface area contributed by atoms with Crippen LogP contribution in [0.1, 0.15) is 44.7 Å². The predicted octanol–water partition coefficient (Wildman–Crippen LogP) is 5.03. The average Bonchev–Trinajstić information content (AvgIpc) is 2.57. The van der Waals surface area contributed by atoms with Crippen molar-refractivity contribution >= 4 is 0 Å². The number of hydrogen-bond donors (Lipinski definition) is 0. The quantitative estimate of drug-likeness (QED) is 0.782. The highest BCUT2D eigenvalue weighted by Crippen LogP contribution is 2.26. The lowest BCUT2D eigenvalue weighted by atomic mass is 9.87. The second-order valence-corrected chi connectivity index (χ2v) is 7.85. The molecule has 2 aromatic rings. The highest BCUT2D eigenvalue weighted by Gasteiger charge is 2.21. The monoisotopic (exact) mass is 323 g/mol. The van der Waals surface area contributed by atoms with Crippen LogP contribution < -0.4 is 4.74 Å². The van der Waals surface area contributed by atoms with Gasteiger partial charge in [0.05, 0.1) is 0 Å². The van der Waals surface area contributed by atoms with E-state index >= 15 is 0 Å². The third kappa shape index (κ3) is 4.61. The molecule has 128 valence electrons. The Kier molecular flexibility index (Phi) is 5.25. The number of nitrogens with zero attached hydrogens (tertiary/aromatic N) is 1. The molecule has 1 aliphatic rings. The highest BCUT2D eigenvalue weighted by atomic mass is 16.5. The number of hydrogen-bond acceptors (Lipinski definition) is 2. The average molecular weight is 323 g/mol. The summed E-state index contributed by atoms with van der Waals surface area (Å²) in [6.07, 6.45) is 2.55. The number of piperidine rings is 1. The topological polar surface area (TPSA) is 12.5 Å². The zero-order chi connectivity index (χ0) is 17.0. The Labute approximate surface area is 146 Å². The highest BCUT2D eigenvalue weighted by molar-refractivity contribution is 5.31. The first kappa shape index (κ1) is 17.0. The van der Waals surface area contributed by atoms with Crippen LogP contribution in [0.3, 0.4) is 0 Å². The molecule has 0 amide bonds. The van der Waals surface area contributed by atoms with E-state index < -0.39 is 0 Å². The van der Waals surface area contributed by atoms with Crippen LogP contribution in [0.15, 0.2) is 54.6 Å². The van der Waals surface area contributed by atoms with Crippen molar-refractivity contribution < 1.29 is 4.74 Å². The molecular weight excluding hydrogens is 294 g/mol. The molecule has 24 heavy (non-hydrogen) atoms. The van der Waals surface area contributed by atoms with E-state index in [-0.39, 0.29) is 5.41 Å². The van der Waals surface area contributed by atoms with E-state index in [0.717, 1.165) is 38.2 Å². The first-order chi connectivity index (χ1) is 11.5. The van der Waals surface area contributed by atoms with Gasteiger partial charge in [-0.15, -0.1) is 0 Å². The molecule has 0 radical (unpaired) electrons. The molecule has 0 atom stereocenters. The number of ether oxygens (including phenoxy) is 1. The summed E-state index contributed by atoms with van der Waals surface area (Å²) in [4.78, 5) is 2.53. The van der Waals surface area contributed by atoms with Gasteiger partial charge in [-0.3, -0.25) is 4.90 Å². The van der Waals surface area contributed by atoms with E-state index in [9.17, 15) is 0 Å². The summed E-state index contributed by atoms with van der Waals surface area (Å²) >= 11 is 0. The minimum Gasteiger partial charge on any atom is -0.490 e. The standard InChI is InChI=1S/C22H29NO/c1-22(2,3)19-9-11-20(12-10-19)24-21-13-15-23(16-14-21)17-18-7-5-4-6-8-18/h4-12,21H,13-17H2,1-3H3. The van der Waals surface area contributed by atoms with Crippen molar-refractivity contribution in [1.82, 2.24) is 4.90 Å². The van der Waals surface area contributed by atoms with Gasteiger partial charge in [-0.25, -0.2) is 0 Å². The first-order valence-corrected chi connectivity index (χ1v) is 9.04. The fourth-order valence-corrected chi connectivity index (χ4v) is 3.25. The second-order valence-electron chi connectivity index (χ2n) is 7.85. The summed E-state index contributed by atoms with van der Waals surface area (Å²) in [5.41, 5.74) is 2.95. The van der Waals surface area contributed by atoms with Crippen molar-refractivity contribution in [2.24, 2.45) is 0 Å². The van der Waals surface area contributed by atoms with E-state index in [0.29, 0.717) is 6.10 Å². The molecule has 0 bridgehead atoms. The molecule has 0 saturated carbocycles. The van der Waals surface area contributed by atoms with Gasteiger partial charge in [0.15, 0.2) is 0 Å². The molecule has 0 aliphatic carbocycles. The zero-order valence-electron chi connectivity index (χ0n) is 15.2. The van der Waals surface area contributed by atoms with E-state index in [1.54, 1.807) is 0 Å². The van der Waals surface area contributed by atoms with Crippen molar-refractivity contribution in [2.45, 2.75) is 51.7 Å². The van der Waals surface area contributed by atoms with E-state index in [1.165, 1.54) is 11.1 Å². The lowest BCUT2D eigenvalue weighted by Gasteiger charge is -2.32. The Hall–Kier alpha value is -1.80. The summed E-state index contributed by atoms with van der Waals surface area (Å²) in [5, 5.41) is 0. The SMILES string of the molecule is CC(C)(C)c1ccc(OC2CCN(Cc3ccccc3)CC2)cc1. The lowest BCUT2D eigenvalue weighted by molar-refractivity contribution is 0.0968. The number of likely N-dealkylation sites (tertiary alicyclic amines) is 1. The maximum Gasteiger partial charge on any atom is 0.119 e. The molecule has 1 heterocycles. The second kappa shape index (κ2) is 7.40. The van der Waals surface area contributed by atoms with Gasteiger partial charge >= 0.3 is 0 Å². The van der Waals surface area contributed by atoms with Gasteiger partial charge in [0.1, 0.15) is 11.9 Å². The van der Waals surface area contributed by atoms with Gasteiger partial charge in [0, 0.05) is 19.6 Å². The van der Waals surface area contributed by atoms with Crippen LogP contribution in [0.25, 0.3) is 0 Å². The zero-order valence-corrected chi connectivity index (χ0v) is 15.2.